The quantitative estimate of drug-likeness (QED) is 0.345. The Morgan fingerprint density at radius 1 is 1.64 bits per heavy atom. The van der Waals surface area contributed by atoms with Crippen LogP contribution in [-0.4, -0.2) is 40.5 Å². The molecule has 1 spiro atoms. The normalized spacial score (nSPS) is 26.1. The summed E-state index contributed by atoms with van der Waals surface area (Å²) >= 11 is 7.14. The molecule has 0 aromatic heterocycles. The number of halogens is 1. The second-order valence-electron chi connectivity index (χ2n) is 5.32. The van der Waals surface area contributed by atoms with E-state index in [9.17, 15) is 9.90 Å². The number of esters is 1. The standard InChI is InChI=1S/C15H20ClNO4S/c1-2-4-11(17-20-7-3-6-16)13-12(18)9-15(21-14(13)19)5-8-22-10-15/h3,6,18H,2,4-5,7-10H2,1H3/b6-3+,17-11-. The van der Waals surface area contributed by atoms with E-state index < -0.39 is 11.6 Å². The molecular weight excluding hydrogens is 326 g/mol. The number of carbonyl (C=O) groups excluding carboxylic acids is 1. The minimum Gasteiger partial charge on any atom is -0.511 e. The van der Waals surface area contributed by atoms with Crippen LogP contribution in [0.3, 0.4) is 0 Å². The van der Waals surface area contributed by atoms with Crippen LogP contribution in [0.1, 0.15) is 32.6 Å². The molecule has 2 heterocycles. The van der Waals surface area contributed by atoms with Crippen LogP contribution in [0.15, 0.2) is 28.1 Å². The van der Waals surface area contributed by atoms with Gasteiger partial charge in [-0.05, 0) is 24.7 Å². The van der Waals surface area contributed by atoms with Gasteiger partial charge in [0.2, 0.25) is 0 Å². The van der Waals surface area contributed by atoms with Crippen LogP contribution in [0.5, 0.6) is 0 Å². The highest BCUT2D eigenvalue weighted by Gasteiger charge is 2.45. The van der Waals surface area contributed by atoms with Crippen LogP contribution >= 0.6 is 23.4 Å². The Morgan fingerprint density at radius 2 is 2.45 bits per heavy atom. The van der Waals surface area contributed by atoms with E-state index in [0.29, 0.717) is 18.6 Å². The second kappa shape index (κ2) is 7.92. The lowest BCUT2D eigenvalue weighted by Gasteiger charge is -2.33. The molecule has 0 aromatic rings. The molecule has 2 aliphatic rings. The van der Waals surface area contributed by atoms with E-state index in [4.69, 9.17) is 21.2 Å². The van der Waals surface area contributed by atoms with Crippen LogP contribution in [0, 0.1) is 0 Å². The van der Waals surface area contributed by atoms with Crippen LogP contribution in [-0.2, 0) is 14.4 Å². The lowest BCUT2D eigenvalue weighted by Crippen LogP contribution is -2.41. The fourth-order valence-corrected chi connectivity index (χ4v) is 3.95. The zero-order chi connectivity index (χ0) is 16.0. The van der Waals surface area contributed by atoms with Crippen molar-refractivity contribution in [3.05, 3.63) is 22.9 Å². The Labute approximate surface area is 139 Å². The molecule has 122 valence electrons. The van der Waals surface area contributed by atoms with Crippen LogP contribution < -0.4 is 0 Å². The Kier molecular flexibility index (Phi) is 6.20. The maximum atomic E-state index is 12.4. The fraction of sp³-hybridized carbons (Fsp3) is 0.600. The van der Waals surface area contributed by atoms with Crippen molar-refractivity contribution in [1.29, 1.82) is 0 Å². The minimum absolute atomic E-state index is 0.0578. The first-order valence-electron chi connectivity index (χ1n) is 7.29. The van der Waals surface area contributed by atoms with Gasteiger partial charge in [0, 0.05) is 17.7 Å². The average Bonchev–Trinajstić information content (AvgIpc) is 2.90. The molecule has 1 fully saturated rings. The van der Waals surface area contributed by atoms with Gasteiger partial charge >= 0.3 is 5.97 Å². The van der Waals surface area contributed by atoms with Crippen LogP contribution in [0.25, 0.3) is 0 Å². The SMILES string of the molecule is CCC/C(=N/OC/C=C/Cl)C1=C(O)CC2(CCSC2)OC1=O. The van der Waals surface area contributed by atoms with Gasteiger partial charge in [-0.2, -0.15) is 11.8 Å². The number of carbonyl (C=O) groups is 1. The van der Waals surface area contributed by atoms with Crippen LogP contribution in [0.2, 0.25) is 0 Å². The van der Waals surface area contributed by atoms with Gasteiger partial charge in [-0.1, -0.05) is 30.1 Å². The summed E-state index contributed by atoms with van der Waals surface area (Å²) < 4.78 is 5.62. The van der Waals surface area contributed by atoms with E-state index in [1.165, 1.54) is 5.54 Å². The van der Waals surface area contributed by atoms with Crippen molar-refractivity contribution in [2.24, 2.45) is 5.16 Å². The molecule has 2 aliphatic heterocycles. The van der Waals surface area contributed by atoms with Gasteiger partial charge in [-0.15, -0.1) is 0 Å². The lowest BCUT2D eigenvalue weighted by atomic mass is 9.90. The third-order valence-electron chi connectivity index (χ3n) is 3.57. The van der Waals surface area contributed by atoms with Gasteiger partial charge in [0.1, 0.15) is 23.5 Å². The molecule has 0 radical (unpaired) electrons. The molecule has 2 rings (SSSR count). The number of nitrogens with zero attached hydrogens (tertiary/aromatic N) is 1. The molecular formula is C15H20ClNO4S. The maximum Gasteiger partial charge on any atom is 0.344 e. The lowest BCUT2D eigenvalue weighted by molar-refractivity contribution is -0.155. The molecule has 0 bridgehead atoms. The van der Waals surface area contributed by atoms with Crippen molar-refractivity contribution < 1.29 is 19.5 Å². The first kappa shape index (κ1) is 17.2. The number of aliphatic hydroxyl groups excluding tert-OH is 1. The molecule has 22 heavy (non-hydrogen) atoms. The topological polar surface area (TPSA) is 68.1 Å². The largest absolute Gasteiger partial charge is 0.511 e. The second-order valence-corrected chi connectivity index (χ2v) is 6.68. The molecule has 1 saturated heterocycles. The Bertz CT molecular complexity index is 510. The van der Waals surface area contributed by atoms with Gasteiger partial charge in [-0.3, -0.25) is 0 Å². The smallest absolute Gasteiger partial charge is 0.344 e. The molecule has 1 atom stereocenters. The van der Waals surface area contributed by atoms with E-state index in [2.05, 4.69) is 5.16 Å². The molecule has 1 unspecified atom stereocenters. The van der Waals surface area contributed by atoms with E-state index in [1.807, 2.05) is 6.92 Å². The number of hydrogen-bond acceptors (Lipinski definition) is 6. The van der Waals surface area contributed by atoms with Crippen LogP contribution in [0.4, 0.5) is 0 Å². The van der Waals surface area contributed by atoms with Crippen molar-refractivity contribution in [3.63, 3.8) is 0 Å². The molecule has 7 heteroatoms. The van der Waals surface area contributed by atoms with E-state index in [-0.39, 0.29) is 17.9 Å². The van der Waals surface area contributed by atoms with Crippen molar-refractivity contribution in [1.82, 2.24) is 0 Å². The highest BCUT2D eigenvalue weighted by Crippen LogP contribution is 2.40. The highest BCUT2D eigenvalue weighted by molar-refractivity contribution is 7.99. The number of hydrogen-bond donors (Lipinski definition) is 1. The summed E-state index contributed by atoms with van der Waals surface area (Å²) in [6, 6.07) is 0. The summed E-state index contributed by atoms with van der Waals surface area (Å²) in [5, 5.41) is 14.3. The summed E-state index contributed by atoms with van der Waals surface area (Å²) in [6.45, 7) is 2.18. The van der Waals surface area contributed by atoms with E-state index in [0.717, 1.165) is 24.3 Å². The van der Waals surface area contributed by atoms with Crippen molar-refractivity contribution in [3.8, 4) is 0 Å². The van der Waals surface area contributed by atoms with Gasteiger partial charge in [-0.25, -0.2) is 4.79 Å². The summed E-state index contributed by atoms with van der Waals surface area (Å²) in [5.74, 6) is 1.23. The molecule has 0 saturated carbocycles. The zero-order valence-corrected chi connectivity index (χ0v) is 14.1. The summed E-state index contributed by atoms with van der Waals surface area (Å²) in [5.41, 5.74) is 1.37. The van der Waals surface area contributed by atoms with Crippen molar-refractivity contribution in [2.45, 2.75) is 38.2 Å². The van der Waals surface area contributed by atoms with Gasteiger partial charge in [0.25, 0.3) is 0 Å². The monoisotopic (exact) mass is 345 g/mol. The molecule has 0 amide bonds. The molecule has 0 aliphatic carbocycles. The Balaban J connectivity index is 2.20. The first-order valence-corrected chi connectivity index (χ1v) is 8.88. The first-order chi connectivity index (χ1) is 10.6. The predicted molar refractivity (Wildman–Crippen MR) is 88.3 cm³/mol. The van der Waals surface area contributed by atoms with E-state index >= 15 is 0 Å². The summed E-state index contributed by atoms with van der Waals surface area (Å²) in [4.78, 5) is 17.5. The molecule has 1 N–H and O–H groups in total. The zero-order valence-electron chi connectivity index (χ0n) is 12.5. The summed E-state index contributed by atoms with van der Waals surface area (Å²) in [6.07, 6.45) is 4.02. The van der Waals surface area contributed by atoms with Gasteiger partial charge < -0.3 is 14.7 Å². The Morgan fingerprint density at radius 3 is 3.05 bits per heavy atom. The number of aliphatic hydroxyl groups is 1. The Hall–Kier alpha value is -1.14. The highest BCUT2D eigenvalue weighted by atomic mass is 35.5. The third-order valence-corrected chi connectivity index (χ3v) is 4.97. The minimum atomic E-state index is -0.547. The fourth-order valence-electron chi connectivity index (χ4n) is 2.54. The number of ether oxygens (including phenoxy) is 1. The molecule has 0 aromatic carbocycles. The molecule has 5 nitrogen and oxygen atoms in total. The van der Waals surface area contributed by atoms with Gasteiger partial charge in [0.05, 0.1) is 5.71 Å². The number of thioether (sulfide) groups is 1. The van der Waals surface area contributed by atoms with Crippen molar-refractivity contribution in [2.75, 3.05) is 18.1 Å². The maximum absolute atomic E-state index is 12.4. The number of rotatable bonds is 6. The van der Waals surface area contributed by atoms with E-state index in [1.54, 1.807) is 17.8 Å². The van der Waals surface area contributed by atoms with Crippen molar-refractivity contribution >= 4 is 35.0 Å². The number of oxime groups is 1. The predicted octanol–water partition coefficient (Wildman–Crippen LogP) is 3.55. The summed E-state index contributed by atoms with van der Waals surface area (Å²) in [7, 11) is 0. The van der Waals surface area contributed by atoms with Gasteiger partial charge in [0.15, 0.2) is 0 Å². The third kappa shape index (κ3) is 3.98. The average molecular weight is 346 g/mol.